The van der Waals surface area contributed by atoms with E-state index in [2.05, 4.69) is 0 Å². The minimum atomic E-state index is -0.888. The smallest absolute Gasteiger partial charge is 0.161 e. The first-order valence-corrected chi connectivity index (χ1v) is 9.53. The van der Waals surface area contributed by atoms with E-state index in [4.69, 9.17) is 0 Å². The van der Waals surface area contributed by atoms with Gasteiger partial charge >= 0.3 is 0 Å². The molecule has 2 aromatic carbocycles. The number of ketones is 2. The summed E-state index contributed by atoms with van der Waals surface area (Å²) in [5.41, 5.74) is 0.334. The van der Waals surface area contributed by atoms with Crippen molar-refractivity contribution in [2.45, 2.75) is 40.5 Å². The van der Waals surface area contributed by atoms with Gasteiger partial charge in [0.05, 0.1) is 10.8 Å². The van der Waals surface area contributed by atoms with E-state index in [-0.39, 0.29) is 23.4 Å². The van der Waals surface area contributed by atoms with Crippen LogP contribution < -0.4 is 0 Å². The molecule has 0 aliphatic heterocycles. The Hall–Kier alpha value is -2.22. The molecule has 0 bridgehead atoms. The van der Waals surface area contributed by atoms with Crippen molar-refractivity contribution >= 4 is 11.6 Å². The Morgan fingerprint density at radius 3 is 1.19 bits per heavy atom. The van der Waals surface area contributed by atoms with Crippen LogP contribution in [0.2, 0.25) is 0 Å². The lowest BCUT2D eigenvalue weighted by molar-refractivity contribution is -0.179. The van der Waals surface area contributed by atoms with Gasteiger partial charge < -0.3 is 0 Å². The number of hydrogen-bond donors (Lipinski definition) is 0. The molecule has 0 heterocycles. The van der Waals surface area contributed by atoms with Gasteiger partial charge in [-0.1, -0.05) is 88.4 Å². The average Bonchev–Trinajstić information content (AvgIpc) is 2.64. The Kier molecular flexibility index (Phi) is 4.88. The Bertz CT molecular complexity index is 706. The zero-order chi connectivity index (χ0) is 18.9. The molecule has 1 aliphatic rings. The minimum absolute atomic E-state index is 0.00893. The van der Waals surface area contributed by atoms with Gasteiger partial charge in [-0.3, -0.25) is 9.59 Å². The standard InChI is InChI=1S/C24H28O2/c1-17(2)23(15-19-11-7-5-8-12-19)21(25)24(18(3)4,22(23)26)16-20-13-9-6-10-14-20/h5-14,17-18H,15-16H2,1-4H3. The summed E-state index contributed by atoms with van der Waals surface area (Å²) in [5.74, 6) is 0.246. The van der Waals surface area contributed by atoms with E-state index in [0.717, 1.165) is 11.1 Å². The number of benzene rings is 2. The van der Waals surface area contributed by atoms with E-state index >= 15 is 0 Å². The van der Waals surface area contributed by atoms with Crippen molar-refractivity contribution in [1.82, 2.24) is 0 Å². The molecule has 0 atom stereocenters. The van der Waals surface area contributed by atoms with E-state index < -0.39 is 10.8 Å². The summed E-state index contributed by atoms with van der Waals surface area (Å²) in [6, 6.07) is 19.8. The van der Waals surface area contributed by atoms with Crippen LogP contribution in [0.1, 0.15) is 38.8 Å². The van der Waals surface area contributed by atoms with Gasteiger partial charge in [0.1, 0.15) is 0 Å². The van der Waals surface area contributed by atoms with Crippen molar-refractivity contribution in [1.29, 1.82) is 0 Å². The van der Waals surface area contributed by atoms with Crippen LogP contribution in [0.4, 0.5) is 0 Å². The molecule has 0 N–H and O–H groups in total. The second kappa shape index (κ2) is 6.83. The highest BCUT2D eigenvalue weighted by molar-refractivity contribution is 6.31. The van der Waals surface area contributed by atoms with Crippen molar-refractivity contribution in [2.24, 2.45) is 22.7 Å². The lowest BCUT2D eigenvalue weighted by Crippen LogP contribution is -2.72. The molecule has 0 amide bonds. The predicted molar refractivity (Wildman–Crippen MR) is 105 cm³/mol. The van der Waals surface area contributed by atoms with Crippen molar-refractivity contribution in [3.8, 4) is 0 Å². The molecule has 136 valence electrons. The minimum Gasteiger partial charge on any atom is -0.297 e. The summed E-state index contributed by atoms with van der Waals surface area (Å²) >= 11 is 0. The first kappa shape index (κ1) is 18.6. The number of rotatable bonds is 6. The fourth-order valence-corrected chi connectivity index (χ4v) is 4.55. The van der Waals surface area contributed by atoms with Crippen LogP contribution >= 0.6 is 0 Å². The van der Waals surface area contributed by atoms with Gasteiger partial charge in [-0.25, -0.2) is 0 Å². The van der Waals surface area contributed by atoms with E-state index in [9.17, 15) is 9.59 Å². The van der Waals surface area contributed by atoms with Crippen LogP contribution in [0.5, 0.6) is 0 Å². The Balaban J connectivity index is 2.00. The van der Waals surface area contributed by atoms with Crippen LogP contribution in [-0.2, 0) is 22.4 Å². The van der Waals surface area contributed by atoms with E-state index in [1.165, 1.54) is 0 Å². The SMILES string of the molecule is CC(C)C1(Cc2ccccc2)C(=O)C(Cc2ccccc2)(C(C)C)C1=O. The summed E-state index contributed by atoms with van der Waals surface area (Å²) < 4.78 is 0. The monoisotopic (exact) mass is 348 g/mol. The largest absolute Gasteiger partial charge is 0.297 e. The van der Waals surface area contributed by atoms with Crippen LogP contribution in [-0.4, -0.2) is 11.6 Å². The molecule has 1 fully saturated rings. The molecule has 0 spiro atoms. The van der Waals surface area contributed by atoms with Crippen molar-refractivity contribution in [2.75, 3.05) is 0 Å². The average molecular weight is 348 g/mol. The van der Waals surface area contributed by atoms with E-state index in [1.807, 2.05) is 88.4 Å². The van der Waals surface area contributed by atoms with Gasteiger partial charge in [-0.2, -0.15) is 0 Å². The predicted octanol–water partition coefficient (Wildman–Crippen LogP) is 4.91. The number of carbonyl (C=O) groups is 2. The maximum atomic E-state index is 13.7. The molecule has 2 aromatic rings. The van der Waals surface area contributed by atoms with Crippen LogP contribution in [0.3, 0.4) is 0 Å². The molecule has 26 heavy (non-hydrogen) atoms. The van der Waals surface area contributed by atoms with Gasteiger partial charge in [0.2, 0.25) is 0 Å². The molecule has 0 radical (unpaired) electrons. The summed E-state index contributed by atoms with van der Waals surface area (Å²) in [6.07, 6.45) is 1.01. The molecule has 2 heteroatoms. The highest BCUT2D eigenvalue weighted by atomic mass is 16.2. The number of carbonyl (C=O) groups excluding carboxylic acids is 2. The Labute approximate surface area is 156 Å². The van der Waals surface area contributed by atoms with Crippen molar-refractivity contribution in [3.63, 3.8) is 0 Å². The van der Waals surface area contributed by atoms with Gasteiger partial charge in [-0.15, -0.1) is 0 Å². The molecule has 0 aromatic heterocycles. The van der Waals surface area contributed by atoms with Crippen LogP contribution in [0.15, 0.2) is 60.7 Å². The van der Waals surface area contributed by atoms with Crippen LogP contribution in [0.25, 0.3) is 0 Å². The summed E-state index contributed by atoms with van der Waals surface area (Å²) in [5, 5.41) is 0. The molecule has 0 saturated heterocycles. The van der Waals surface area contributed by atoms with Gasteiger partial charge in [0, 0.05) is 0 Å². The second-order valence-corrected chi connectivity index (χ2v) is 8.24. The summed E-state index contributed by atoms with van der Waals surface area (Å²) in [4.78, 5) is 27.4. The molecular formula is C24H28O2. The normalized spacial score (nSPS) is 25.6. The zero-order valence-electron chi connectivity index (χ0n) is 16.2. The second-order valence-electron chi connectivity index (χ2n) is 8.24. The first-order valence-electron chi connectivity index (χ1n) is 9.53. The molecular weight excluding hydrogens is 320 g/mol. The first-order chi connectivity index (χ1) is 12.4. The number of hydrogen-bond acceptors (Lipinski definition) is 2. The molecule has 2 nitrogen and oxygen atoms in total. The molecule has 3 rings (SSSR count). The van der Waals surface area contributed by atoms with Gasteiger partial charge in [0.25, 0.3) is 0 Å². The van der Waals surface area contributed by atoms with E-state index in [0.29, 0.717) is 12.8 Å². The Morgan fingerprint density at radius 1 is 0.615 bits per heavy atom. The quantitative estimate of drug-likeness (QED) is 0.695. The lowest BCUT2D eigenvalue weighted by Gasteiger charge is -2.56. The third-order valence-corrected chi connectivity index (χ3v) is 6.24. The lowest BCUT2D eigenvalue weighted by atomic mass is 9.41. The molecule has 0 unspecified atom stereocenters. The van der Waals surface area contributed by atoms with Crippen molar-refractivity contribution in [3.05, 3.63) is 71.8 Å². The third-order valence-electron chi connectivity index (χ3n) is 6.24. The highest BCUT2D eigenvalue weighted by Crippen LogP contribution is 2.58. The molecule has 1 aliphatic carbocycles. The highest BCUT2D eigenvalue weighted by Gasteiger charge is 2.72. The maximum Gasteiger partial charge on any atom is 0.161 e. The van der Waals surface area contributed by atoms with Crippen molar-refractivity contribution < 1.29 is 9.59 Å². The fourth-order valence-electron chi connectivity index (χ4n) is 4.55. The topological polar surface area (TPSA) is 34.1 Å². The number of Topliss-reactive ketones (excluding diaryl/α,β-unsaturated/α-hetero) is 2. The zero-order valence-corrected chi connectivity index (χ0v) is 16.2. The fraction of sp³-hybridized carbons (Fsp3) is 0.417. The third kappa shape index (κ3) is 2.63. The maximum absolute atomic E-state index is 13.7. The van der Waals surface area contributed by atoms with Gasteiger partial charge in [0.15, 0.2) is 11.6 Å². The van der Waals surface area contributed by atoms with Crippen LogP contribution in [0, 0.1) is 22.7 Å². The Morgan fingerprint density at radius 2 is 0.923 bits per heavy atom. The summed E-state index contributed by atoms with van der Waals surface area (Å²) in [6.45, 7) is 8.02. The van der Waals surface area contributed by atoms with Gasteiger partial charge in [-0.05, 0) is 35.8 Å². The molecule has 1 saturated carbocycles. The summed E-state index contributed by atoms with van der Waals surface area (Å²) in [7, 11) is 0. The van der Waals surface area contributed by atoms with E-state index in [1.54, 1.807) is 0 Å².